The average Bonchev–Trinajstić information content (AvgIpc) is 3.41. The maximum absolute atomic E-state index is 15.1. The number of benzene rings is 1. The SMILES string of the molecule is CC(C)n1nccc1[C@@H]1CN(C(=O)C2(F)CCC2)C[C@@]12CCCN(Cc1ccccc1)C2=O. The van der Waals surface area contributed by atoms with Crippen LogP contribution in [-0.4, -0.2) is 56.7 Å². The lowest BCUT2D eigenvalue weighted by molar-refractivity contribution is -0.152. The van der Waals surface area contributed by atoms with Gasteiger partial charge in [0.2, 0.25) is 5.91 Å². The molecule has 0 bridgehead atoms. The van der Waals surface area contributed by atoms with Gasteiger partial charge in [-0.1, -0.05) is 30.3 Å². The number of alkyl halides is 1. The fourth-order valence-electron chi connectivity index (χ4n) is 5.99. The molecule has 1 spiro atoms. The minimum Gasteiger partial charge on any atom is -0.338 e. The molecule has 3 aliphatic rings. The summed E-state index contributed by atoms with van der Waals surface area (Å²) in [6.07, 6.45) is 4.66. The molecule has 2 aliphatic heterocycles. The van der Waals surface area contributed by atoms with E-state index in [1.165, 1.54) is 0 Å². The van der Waals surface area contributed by atoms with Gasteiger partial charge in [0.05, 0.1) is 5.41 Å². The predicted octanol–water partition coefficient (Wildman–Crippen LogP) is 4.09. The van der Waals surface area contributed by atoms with Crippen LogP contribution in [0.15, 0.2) is 42.6 Å². The normalized spacial score (nSPS) is 26.8. The Kier molecular flexibility index (Phi) is 5.53. The third-order valence-corrected chi connectivity index (χ3v) is 7.89. The second-order valence-corrected chi connectivity index (χ2v) is 10.3. The van der Waals surface area contributed by atoms with Crippen LogP contribution in [-0.2, 0) is 16.1 Å². The number of piperidine rings is 1. The Hall–Kier alpha value is -2.70. The van der Waals surface area contributed by atoms with E-state index in [-0.39, 0.29) is 37.3 Å². The highest BCUT2D eigenvalue weighted by molar-refractivity contribution is 5.90. The Morgan fingerprint density at radius 2 is 1.91 bits per heavy atom. The highest BCUT2D eigenvalue weighted by Gasteiger charge is 2.59. The summed E-state index contributed by atoms with van der Waals surface area (Å²) in [5.41, 5.74) is -0.433. The van der Waals surface area contributed by atoms with E-state index in [0.29, 0.717) is 26.1 Å². The molecule has 3 fully saturated rings. The van der Waals surface area contributed by atoms with Gasteiger partial charge in [-0.15, -0.1) is 0 Å². The van der Waals surface area contributed by atoms with Crippen LogP contribution >= 0.6 is 0 Å². The number of halogens is 1. The van der Waals surface area contributed by atoms with E-state index < -0.39 is 17.0 Å². The van der Waals surface area contributed by atoms with E-state index in [9.17, 15) is 9.59 Å². The van der Waals surface area contributed by atoms with Crippen molar-refractivity contribution in [2.75, 3.05) is 19.6 Å². The molecular weight excluding hydrogens is 419 g/mol. The van der Waals surface area contributed by atoms with E-state index in [2.05, 4.69) is 18.9 Å². The van der Waals surface area contributed by atoms with Crippen LogP contribution < -0.4 is 0 Å². The van der Waals surface area contributed by atoms with Crippen LogP contribution in [0.1, 0.15) is 69.2 Å². The number of nitrogens with zero attached hydrogens (tertiary/aromatic N) is 4. The highest BCUT2D eigenvalue weighted by atomic mass is 19.1. The van der Waals surface area contributed by atoms with Crippen molar-refractivity contribution in [1.29, 1.82) is 0 Å². The van der Waals surface area contributed by atoms with E-state index in [4.69, 9.17) is 0 Å². The van der Waals surface area contributed by atoms with E-state index in [0.717, 1.165) is 24.1 Å². The molecule has 7 heteroatoms. The predicted molar refractivity (Wildman–Crippen MR) is 123 cm³/mol. The van der Waals surface area contributed by atoms with Gasteiger partial charge in [-0.05, 0) is 57.6 Å². The molecule has 0 N–H and O–H groups in total. The average molecular weight is 453 g/mol. The zero-order valence-electron chi connectivity index (χ0n) is 19.5. The molecule has 2 atom stereocenters. The summed E-state index contributed by atoms with van der Waals surface area (Å²) < 4.78 is 17.1. The number of aromatic nitrogens is 2. The molecular formula is C26H33FN4O2. The zero-order valence-corrected chi connectivity index (χ0v) is 19.5. The third-order valence-electron chi connectivity index (χ3n) is 7.89. The first-order valence-corrected chi connectivity index (χ1v) is 12.2. The first kappa shape index (κ1) is 22.1. The molecule has 6 nitrogen and oxygen atoms in total. The Labute approximate surface area is 194 Å². The van der Waals surface area contributed by atoms with E-state index in [1.54, 1.807) is 11.1 Å². The van der Waals surface area contributed by atoms with E-state index >= 15 is 4.39 Å². The summed E-state index contributed by atoms with van der Waals surface area (Å²) in [5, 5.41) is 4.51. The smallest absolute Gasteiger partial charge is 0.260 e. The second-order valence-electron chi connectivity index (χ2n) is 10.3. The minimum atomic E-state index is -1.75. The Morgan fingerprint density at radius 3 is 2.58 bits per heavy atom. The molecule has 176 valence electrons. The standard InChI is InChI=1S/C26H33FN4O2/c1-19(2)31-22(10-14-28-31)21-17-30(24(33)26(27)12-6-13-26)18-25(21)11-7-15-29(23(25)32)16-20-8-4-3-5-9-20/h3-5,8-10,14,19,21H,6-7,11-13,15-18H2,1-2H3/t21-,25-/m0/s1. The number of carbonyl (C=O) groups excluding carboxylic acids is 2. The first-order chi connectivity index (χ1) is 15.8. The van der Waals surface area contributed by atoms with Crippen LogP contribution in [0, 0.1) is 5.41 Å². The number of rotatable bonds is 5. The number of hydrogen-bond donors (Lipinski definition) is 0. The monoisotopic (exact) mass is 452 g/mol. The summed E-state index contributed by atoms with van der Waals surface area (Å²) in [6, 6.07) is 12.1. The molecule has 2 amide bonds. The second kappa shape index (κ2) is 8.26. The molecule has 2 saturated heterocycles. The van der Waals surface area contributed by atoms with Crippen molar-refractivity contribution in [3.8, 4) is 0 Å². The van der Waals surface area contributed by atoms with Gasteiger partial charge in [0.25, 0.3) is 5.91 Å². The maximum atomic E-state index is 15.1. The molecule has 1 aromatic heterocycles. The van der Waals surface area contributed by atoms with Crippen molar-refractivity contribution in [3.05, 3.63) is 53.9 Å². The lowest BCUT2D eigenvalue weighted by Crippen LogP contribution is -2.53. The molecule has 2 aromatic rings. The first-order valence-electron chi connectivity index (χ1n) is 12.2. The van der Waals surface area contributed by atoms with Crippen molar-refractivity contribution in [2.24, 2.45) is 5.41 Å². The molecule has 5 rings (SSSR count). The molecule has 1 aliphatic carbocycles. The van der Waals surface area contributed by atoms with Gasteiger partial charge in [-0.2, -0.15) is 5.10 Å². The summed E-state index contributed by atoms with van der Waals surface area (Å²) >= 11 is 0. The zero-order chi connectivity index (χ0) is 23.2. The molecule has 0 radical (unpaired) electrons. The van der Waals surface area contributed by atoms with Gasteiger partial charge in [0, 0.05) is 50.0 Å². The Balaban J connectivity index is 1.50. The number of hydrogen-bond acceptors (Lipinski definition) is 3. The summed E-state index contributed by atoms with van der Waals surface area (Å²) in [5.74, 6) is -0.545. The Bertz CT molecular complexity index is 1030. The third kappa shape index (κ3) is 3.65. The van der Waals surface area contributed by atoms with Crippen molar-refractivity contribution in [1.82, 2.24) is 19.6 Å². The number of carbonyl (C=O) groups is 2. The lowest BCUT2D eigenvalue weighted by atomic mass is 9.70. The quantitative estimate of drug-likeness (QED) is 0.687. The molecule has 1 aromatic carbocycles. The van der Waals surface area contributed by atoms with Crippen molar-refractivity contribution in [3.63, 3.8) is 0 Å². The number of likely N-dealkylation sites (tertiary alicyclic amines) is 2. The maximum Gasteiger partial charge on any atom is 0.260 e. The van der Waals surface area contributed by atoms with Crippen LogP contribution in [0.5, 0.6) is 0 Å². The van der Waals surface area contributed by atoms with Crippen molar-refractivity contribution in [2.45, 2.75) is 70.1 Å². The van der Waals surface area contributed by atoms with Gasteiger partial charge in [0.15, 0.2) is 5.67 Å². The molecule has 3 heterocycles. The number of amides is 2. The van der Waals surface area contributed by atoms with Crippen molar-refractivity contribution >= 4 is 11.8 Å². The van der Waals surface area contributed by atoms with Gasteiger partial charge in [0.1, 0.15) is 0 Å². The summed E-state index contributed by atoms with van der Waals surface area (Å²) in [6.45, 7) is 6.04. The molecule has 1 saturated carbocycles. The molecule has 0 unspecified atom stereocenters. The summed E-state index contributed by atoms with van der Waals surface area (Å²) in [4.78, 5) is 30.9. The lowest BCUT2D eigenvalue weighted by Gasteiger charge is -2.43. The van der Waals surface area contributed by atoms with Gasteiger partial charge in [-0.3, -0.25) is 14.3 Å². The minimum absolute atomic E-state index is 0.0796. The van der Waals surface area contributed by atoms with Gasteiger partial charge in [-0.25, -0.2) is 4.39 Å². The topological polar surface area (TPSA) is 58.4 Å². The van der Waals surface area contributed by atoms with Crippen LogP contribution in [0.4, 0.5) is 4.39 Å². The van der Waals surface area contributed by atoms with Gasteiger partial charge < -0.3 is 9.80 Å². The molecule has 33 heavy (non-hydrogen) atoms. The van der Waals surface area contributed by atoms with Crippen LogP contribution in [0.25, 0.3) is 0 Å². The Morgan fingerprint density at radius 1 is 1.15 bits per heavy atom. The summed E-state index contributed by atoms with van der Waals surface area (Å²) in [7, 11) is 0. The fraction of sp³-hybridized carbons (Fsp3) is 0.577. The fourth-order valence-corrected chi connectivity index (χ4v) is 5.99. The van der Waals surface area contributed by atoms with Gasteiger partial charge >= 0.3 is 0 Å². The van der Waals surface area contributed by atoms with Crippen LogP contribution in [0.3, 0.4) is 0 Å². The van der Waals surface area contributed by atoms with Crippen LogP contribution in [0.2, 0.25) is 0 Å². The highest BCUT2D eigenvalue weighted by Crippen LogP contribution is 2.51. The van der Waals surface area contributed by atoms with Crippen molar-refractivity contribution < 1.29 is 14.0 Å². The largest absolute Gasteiger partial charge is 0.338 e. The van der Waals surface area contributed by atoms with E-state index in [1.807, 2.05) is 46.0 Å².